The van der Waals surface area contributed by atoms with E-state index in [1.54, 1.807) is 36.4 Å². The summed E-state index contributed by atoms with van der Waals surface area (Å²) in [7, 11) is 0. The molecule has 0 spiro atoms. The zero-order valence-electron chi connectivity index (χ0n) is 12.8. The molecule has 4 atom stereocenters. The molecule has 4 rings (SSSR count). The minimum Gasteiger partial charge on any atom is -0.356 e. The average Bonchev–Trinajstić information content (AvgIpc) is 3.20. The van der Waals surface area contributed by atoms with Gasteiger partial charge in [-0.3, -0.25) is 0 Å². The molecule has 2 heterocycles. The molecule has 0 aliphatic carbocycles. The summed E-state index contributed by atoms with van der Waals surface area (Å²) in [6, 6.07) is 12.2. The lowest BCUT2D eigenvalue weighted by molar-refractivity contribution is 0.323. The fourth-order valence-electron chi connectivity index (χ4n) is 3.20. The van der Waals surface area contributed by atoms with Crippen LogP contribution in [0.5, 0.6) is 0 Å². The number of alkyl halides is 1. The van der Waals surface area contributed by atoms with Gasteiger partial charge in [0.2, 0.25) is 0 Å². The third kappa shape index (κ3) is 2.99. The largest absolute Gasteiger partial charge is 0.356 e. The Labute approximate surface area is 144 Å². The second-order valence-electron chi connectivity index (χ2n) is 6.16. The summed E-state index contributed by atoms with van der Waals surface area (Å²) in [5.41, 5.74) is 1.44. The van der Waals surface area contributed by atoms with Crippen LogP contribution in [0.25, 0.3) is 11.1 Å². The van der Waals surface area contributed by atoms with Crippen LogP contribution in [0.4, 0.5) is 14.5 Å². The molecular formula is C18H17ClF2N2O. The minimum absolute atomic E-state index is 0.0210. The molecule has 2 unspecified atom stereocenters. The van der Waals surface area contributed by atoms with Gasteiger partial charge in [-0.1, -0.05) is 41.9 Å². The summed E-state index contributed by atoms with van der Waals surface area (Å²) in [4.78, 5) is 0. The number of epoxide rings is 1. The van der Waals surface area contributed by atoms with Crippen LogP contribution in [-0.2, 0) is 4.74 Å². The SMILES string of the molecule is Fc1c(NC2OC2[C@@H]2C[C@@H](F)CN2)cccc1-c1ccccc1Cl. The van der Waals surface area contributed by atoms with Crippen LogP contribution < -0.4 is 10.6 Å². The molecule has 6 heteroatoms. The highest BCUT2D eigenvalue weighted by atomic mass is 35.5. The van der Waals surface area contributed by atoms with Crippen molar-refractivity contribution in [2.75, 3.05) is 11.9 Å². The monoisotopic (exact) mass is 350 g/mol. The van der Waals surface area contributed by atoms with E-state index in [-0.39, 0.29) is 24.2 Å². The highest BCUT2D eigenvalue weighted by Crippen LogP contribution is 2.36. The van der Waals surface area contributed by atoms with Gasteiger partial charge < -0.3 is 15.4 Å². The van der Waals surface area contributed by atoms with Crippen molar-refractivity contribution in [1.29, 1.82) is 0 Å². The van der Waals surface area contributed by atoms with Crippen molar-refractivity contribution in [2.24, 2.45) is 0 Å². The Kier molecular flexibility index (Phi) is 4.16. The predicted octanol–water partition coefficient (Wildman–Crippen LogP) is 3.98. The number of hydrogen-bond donors (Lipinski definition) is 2. The van der Waals surface area contributed by atoms with Crippen molar-refractivity contribution in [2.45, 2.75) is 31.0 Å². The highest BCUT2D eigenvalue weighted by molar-refractivity contribution is 6.33. The molecule has 2 aromatic carbocycles. The van der Waals surface area contributed by atoms with Crippen molar-refractivity contribution in [3.63, 3.8) is 0 Å². The first-order valence-corrected chi connectivity index (χ1v) is 8.34. The molecule has 24 heavy (non-hydrogen) atoms. The van der Waals surface area contributed by atoms with Gasteiger partial charge >= 0.3 is 0 Å². The number of anilines is 1. The number of ether oxygens (including phenoxy) is 1. The van der Waals surface area contributed by atoms with Crippen LogP contribution in [0, 0.1) is 5.82 Å². The molecule has 0 bridgehead atoms. The lowest BCUT2D eigenvalue weighted by atomic mass is 10.0. The second-order valence-corrected chi connectivity index (χ2v) is 6.57. The Bertz CT molecular complexity index is 758. The zero-order chi connectivity index (χ0) is 16.7. The average molecular weight is 351 g/mol. The quantitative estimate of drug-likeness (QED) is 0.819. The molecule has 2 fully saturated rings. The van der Waals surface area contributed by atoms with E-state index in [0.717, 1.165) is 0 Å². The molecule has 0 aromatic heterocycles. The van der Waals surface area contributed by atoms with Gasteiger partial charge in [0.05, 0.1) is 5.69 Å². The Morgan fingerprint density at radius 3 is 2.67 bits per heavy atom. The van der Waals surface area contributed by atoms with Crippen LogP contribution in [0.2, 0.25) is 5.02 Å². The molecule has 0 amide bonds. The van der Waals surface area contributed by atoms with Gasteiger partial charge in [0.15, 0.2) is 12.0 Å². The number of benzene rings is 2. The van der Waals surface area contributed by atoms with Gasteiger partial charge in [-0.15, -0.1) is 0 Å². The minimum atomic E-state index is -0.833. The Balaban J connectivity index is 1.51. The van der Waals surface area contributed by atoms with Gasteiger partial charge in [0, 0.05) is 28.7 Å². The maximum Gasteiger partial charge on any atom is 0.156 e. The van der Waals surface area contributed by atoms with E-state index in [1.807, 2.05) is 6.07 Å². The lowest BCUT2D eigenvalue weighted by Gasteiger charge is -2.11. The fraction of sp³-hybridized carbons (Fsp3) is 0.333. The molecule has 2 aliphatic rings. The smallest absolute Gasteiger partial charge is 0.156 e. The van der Waals surface area contributed by atoms with Gasteiger partial charge in [0.1, 0.15) is 12.3 Å². The number of halogens is 3. The maximum atomic E-state index is 14.8. The molecule has 2 aliphatic heterocycles. The van der Waals surface area contributed by atoms with Crippen LogP contribution in [0.3, 0.4) is 0 Å². The molecule has 2 aromatic rings. The van der Waals surface area contributed by atoms with Crippen molar-refractivity contribution >= 4 is 17.3 Å². The summed E-state index contributed by atoms with van der Waals surface area (Å²) in [5, 5.41) is 6.64. The summed E-state index contributed by atoms with van der Waals surface area (Å²) >= 11 is 6.17. The van der Waals surface area contributed by atoms with E-state index in [4.69, 9.17) is 16.3 Å². The van der Waals surface area contributed by atoms with Crippen molar-refractivity contribution in [1.82, 2.24) is 5.32 Å². The Morgan fingerprint density at radius 2 is 1.92 bits per heavy atom. The molecular weight excluding hydrogens is 334 g/mol. The summed E-state index contributed by atoms with van der Waals surface area (Å²) in [6.07, 6.45) is -0.830. The molecule has 2 saturated heterocycles. The third-order valence-electron chi connectivity index (χ3n) is 4.49. The summed E-state index contributed by atoms with van der Waals surface area (Å²) in [5.74, 6) is -0.373. The van der Waals surface area contributed by atoms with Gasteiger partial charge in [-0.05, 0) is 18.6 Å². The topological polar surface area (TPSA) is 36.6 Å². The van der Waals surface area contributed by atoms with Crippen molar-refractivity contribution in [3.8, 4) is 11.1 Å². The van der Waals surface area contributed by atoms with Gasteiger partial charge in [-0.25, -0.2) is 8.78 Å². The number of rotatable bonds is 4. The first-order valence-electron chi connectivity index (χ1n) is 7.96. The predicted molar refractivity (Wildman–Crippen MR) is 90.4 cm³/mol. The van der Waals surface area contributed by atoms with Crippen LogP contribution in [0.1, 0.15) is 6.42 Å². The molecule has 0 radical (unpaired) electrons. The molecule has 126 valence electrons. The Hall–Kier alpha value is -1.69. The molecule has 2 N–H and O–H groups in total. The normalized spacial score (nSPS) is 28.8. The maximum absolute atomic E-state index is 14.8. The summed E-state index contributed by atoms with van der Waals surface area (Å²) in [6.45, 7) is 0.355. The summed E-state index contributed by atoms with van der Waals surface area (Å²) < 4.78 is 33.6. The number of hydrogen-bond acceptors (Lipinski definition) is 3. The van der Waals surface area contributed by atoms with E-state index in [2.05, 4.69) is 10.6 Å². The van der Waals surface area contributed by atoms with Gasteiger partial charge in [0.25, 0.3) is 0 Å². The lowest BCUT2D eigenvalue weighted by Crippen LogP contribution is -2.29. The fourth-order valence-corrected chi connectivity index (χ4v) is 3.44. The number of nitrogens with one attached hydrogen (secondary N) is 2. The Morgan fingerprint density at radius 1 is 1.12 bits per heavy atom. The van der Waals surface area contributed by atoms with Crippen LogP contribution in [-0.4, -0.2) is 31.1 Å². The highest BCUT2D eigenvalue weighted by Gasteiger charge is 2.48. The third-order valence-corrected chi connectivity index (χ3v) is 4.82. The van der Waals surface area contributed by atoms with E-state index in [0.29, 0.717) is 34.8 Å². The van der Waals surface area contributed by atoms with E-state index in [9.17, 15) is 8.78 Å². The standard InChI is InChI=1S/C18H17ClF2N2O/c19-13-6-2-1-4-11(13)12-5-3-7-14(16(12)21)23-18-17(24-18)15-8-10(20)9-22-15/h1-7,10,15,17-18,22-23H,8-9H2/t10-,15+,17?,18?/m1/s1. The van der Waals surface area contributed by atoms with Crippen LogP contribution >= 0.6 is 11.6 Å². The van der Waals surface area contributed by atoms with E-state index < -0.39 is 6.17 Å². The second kappa shape index (κ2) is 6.31. The molecule has 0 saturated carbocycles. The van der Waals surface area contributed by atoms with Crippen LogP contribution in [0.15, 0.2) is 42.5 Å². The zero-order valence-corrected chi connectivity index (χ0v) is 13.6. The van der Waals surface area contributed by atoms with Crippen molar-refractivity contribution < 1.29 is 13.5 Å². The van der Waals surface area contributed by atoms with E-state index >= 15 is 0 Å². The first-order chi connectivity index (χ1) is 11.6. The van der Waals surface area contributed by atoms with Crippen molar-refractivity contribution in [3.05, 3.63) is 53.3 Å². The van der Waals surface area contributed by atoms with Gasteiger partial charge in [-0.2, -0.15) is 0 Å². The van der Waals surface area contributed by atoms with E-state index in [1.165, 1.54) is 0 Å². The first kappa shape index (κ1) is 15.8. The molecule has 3 nitrogen and oxygen atoms in total.